The minimum absolute atomic E-state index is 0.0551. The molecule has 0 aliphatic carbocycles. The minimum atomic E-state index is -4.51. The Labute approximate surface area is 189 Å². The Morgan fingerprint density at radius 1 is 1.15 bits per heavy atom. The second-order valence-corrected chi connectivity index (χ2v) is 7.38. The van der Waals surface area contributed by atoms with Crippen LogP contribution >= 0.6 is 0 Å². The highest BCUT2D eigenvalue weighted by molar-refractivity contribution is 5.94. The van der Waals surface area contributed by atoms with Crippen LogP contribution in [0, 0.1) is 0 Å². The highest BCUT2D eigenvalue weighted by Gasteiger charge is 2.33. The molecular weight excluding hydrogens is 437 g/mol. The van der Waals surface area contributed by atoms with Gasteiger partial charge in [0.1, 0.15) is 12.7 Å². The normalized spacial score (nSPS) is 13.5. The third-order valence-electron chi connectivity index (χ3n) is 5.10. The van der Waals surface area contributed by atoms with E-state index in [0.717, 1.165) is 29.8 Å². The summed E-state index contributed by atoms with van der Waals surface area (Å²) in [5.74, 6) is -0.556. The number of carbonyl (C=O) groups is 1. The molecule has 0 aliphatic heterocycles. The van der Waals surface area contributed by atoms with Crippen LogP contribution in [0.25, 0.3) is 0 Å². The molecule has 1 heterocycles. The Balaban J connectivity index is 1.82. The fraction of sp³-hybridized carbons (Fsp3) is 0.348. The standard InChI is InChI=1S/C23H25F3N4O3/c1-2-20(31)21(30-16-27-15-28-30)29(12-13-33-14-17-6-4-3-5-7-17)22(32)18-8-10-19(11-9-18)23(24,25)26/h3-11,15-16,20-21,31H,2,12-14H2,1H3. The predicted octanol–water partition coefficient (Wildman–Crippen LogP) is 3.93. The van der Waals surface area contributed by atoms with Gasteiger partial charge in [-0.25, -0.2) is 9.67 Å². The van der Waals surface area contributed by atoms with Gasteiger partial charge in [-0.3, -0.25) is 4.79 Å². The Hall–Kier alpha value is -3.24. The zero-order valence-electron chi connectivity index (χ0n) is 18.0. The third kappa shape index (κ3) is 6.39. The number of carbonyl (C=O) groups excluding carboxylic acids is 1. The first-order valence-electron chi connectivity index (χ1n) is 10.4. The maximum absolute atomic E-state index is 13.3. The lowest BCUT2D eigenvalue weighted by molar-refractivity contribution is -0.137. The number of amides is 1. The number of halogens is 3. The van der Waals surface area contributed by atoms with Gasteiger partial charge in [-0.15, -0.1) is 0 Å². The van der Waals surface area contributed by atoms with Gasteiger partial charge in [0.15, 0.2) is 6.17 Å². The smallest absolute Gasteiger partial charge is 0.389 e. The summed E-state index contributed by atoms with van der Waals surface area (Å²) >= 11 is 0. The Morgan fingerprint density at radius 2 is 1.85 bits per heavy atom. The van der Waals surface area contributed by atoms with Gasteiger partial charge in [-0.05, 0) is 36.2 Å². The van der Waals surface area contributed by atoms with E-state index in [1.807, 2.05) is 30.3 Å². The van der Waals surface area contributed by atoms with Crippen molar-refractivity contribution in [1.82, 2.24) is 19.7 Å². The molecule has 0 bridgehead atoms. The molecule has 0 fully saturated rings. The Kier molecular flexibility index (Phi) is 8.18. The average molecular weight is 462 g/mol. The van der Waals surface area contributed by atoms with Gasteiger partial charge in [0.25, 0.3) is 5.91 Å². The van der Waals surface area contributed by atoms with E-state index in [9.17, 15) is 23.1 Å². The van der Waals surface area contributed by atoms with Gasteiger partial charge in [0.05, 0.1) is 24.9 Å². The molecule has 176 valence electrons. The van der Waals surface area contributed by atoms with Crippen molar-refractivity contribution < 1.29 is 27.8 Å². The molecule has 3 rings (SSSR count). The van der Waals surface area contributed by atoms with Gasteiger partial charge in [0, 0.05) is 12.1 Å². The van der Waals surface area contributed by atoms with Crippen LogP contribution in [-0.4, -0.2) is 49.9 Å². The van der Waals surface area contributed by atoms with Gasteiger partial charge in [-0.2, -0.15) is 18.3 Å². The molecule has 0 saturated carbocycles. The summed E-state index contributed by atoms with van der Waals surface area (Å²) in [7, 11) is 0. The van der Waals surface area contributed by atoms with Gasteiger partial charge < -0.3 is 14.7 Å². The maximum atomic E-state index is 13.3. The third-order valence-corrected chi connectivity index (χ3v) is 5.10. The first-order valence-corrected chi connectivity index (χ1v) is 10.4. The molecule has 0 radical (unpaired) electrons. The molecule has 1 amide bonds. The van der Waals surface area contributed by atoms with E-state index < -0.39 is 29.9 Å². The number of benzene rings is 2. The molecule has 10 heteroatoms. The van der Waals surface area contributed by atoms with Crippen LogP contribution in [0.3, 0.4) is 0 Å². The summed E-state index contributed by atoms with van der Waals surface area (Å²) in [4.78, 5) is 18.6. The van der Waals surface area contributed by atoms with Crippen LogP contribution in [0.5, 0.6) is 0 Å². The number of hydrogen-bond donors (Lipinski definition) is 1. The Bertz CT molecular complexity index is 996. The quantitative estimate of drug-likeness (QED) is 0.462. The molecule has 3 aromatic rings. The molecule has 2 unspecified atom stereocenters. The largest absolute Gasteiger partial charge is 0.416 e. The summed E-state index contributed by atoms with van der Waals surface area (Å²) in [6.45, 7) is 2.30. The highest BCUT2D eigenvalue weighted by Crippen LogP contribution is 2.30. The molecule has 2 atom stereocenters. The van der Waals surface area contributed by atoms with E-state index in [1.54, 1.807) is 6.92 Å². The zero-order chi connectivity index (χ0) is 23.8. The number of aromatic nitrogens is 3. The first kappa shape index (κ1) is 24.4. The number of nitrogens with zero attached hydrogens (tertiary/aromatic N) is 4. The summed E-state index contributed by atoms with van der Waals surface area (Å²) < 4.78 is 45.8. The Morgan fingerprint density at radius 3 is 2.42 bits per heavy atom. The van der Waals surface area contributed by atoms with Crippen LogP contribution < -0.4 is 0 Å². The predicted molar refractivity (Wildman–Crippen MR) is 114 cm³/mol. The van der Waals surface area contributed by atoms with Crippen LogP contribution in [-0.2, 0) is 17.5 Å². The maximum Gasteiger partial charge on any atom is 0.416 e. The lowest BCUT2D eigenvalue weighted by Crippen LogP contribution is -2.45. The monoisotopic (exact) mass is 462 g/mol. The van der Waals surface area contributed by atoms with E-state index in [4.69, 9.17) is 4.74 Å². The van der Waals surface area contributed by atoms with E-state index in [1.165, 1.54) is 22.2 Å². The molecule has 0 aliphatic rings. The minimum Gasteiger partial charge on any atom is -0.389 e. The average Bonchev–Trinajstić information content (AvgIpc) is 3.34. The molecule has 1 aromatic heterocycles. The zero-order valence-corrected chi connectivity index (χ0v) is 18.0. The topological polar surface area (TPSA) is 80.5 Å². The van der Waals surface area contributed by atoms with Crippen molar-refractivity contribution in [2.24, 2.45) is 0 Å². The molecule has 2 aromatic carbocycles. The summed E-state index contributed by atoms with van der Waals surface area (Å²) in [5.41, 5.74) is 0.164. The van der Waals surface area contributed by atoms with Crippen molar-refractivity contribution in [3.63, 3.8) is 0 Å². The number of ether oxygens (including phenoxy) is 1. The molecule has 0 spiro atoms. The second kappa shape index (κ2) is 11.1. The van der Waals surface area contributed by atoms with Crippen molar-refractivity contribution >= 4 is 5.91 Å². The summed E-state index contributed by atoms with van der Waals surface area (Å²) in [6.07, 6.45) is -3.43. The molecule has 0 saturated heterocycles. The first-order chi connectivity index (χ1) is 15.8. The number of alkyl halides is 3. The van der Waals surface area contributed by atoms with E-state index in [0.29, 0.717) is 13.0 Å². The molecular formula is C23H25F3N4O3. The number of aliphatic hydroxyl groups is 1. The van der Waals surface area contributed by atoms with Crippen molar-refractivity contribution in [2.75, 3.05) is 13.2 Å². The van der Waals surface area contributed by atoms with Gasteiger partial charge in [-0.1, -0.05) is 37.3 Å². The van der Waals surface area contributed by atoms with Crippen LogP contribution in [0.15, 0.2) is 67.3 Å². The van der Waals surface area contributed by atoms with Gasteiger partial charge >= 0.3 is 6.18 Å². The van der Waals surface area contributed by atoms with Crippen LogP contribution in [0.2, 0.25) is 0 Å². The van der Waals surface area contributed by atoms with Crippen molar-refractivity contribution in [3.05, 3.63) is 83.9 Å². The molecule has 33 heavy (non-hydrogen) atoms. The fourth-order valence-electron chi connectivity index (χ4n) is 3.34. The highest BCUT2D eigenvalue weighted by atomic mass is 19.4. The molecule has 7 nitrogen and oxygen atoms in total. The number of hydrogen-bond acceptors (Lipinski definition) is 5. The van der Waals surface area contributed by atoms with Crippen LogP contribution in [0.4, 0.5) is 13.2 Å². The van der Waals surface area contributed by atoms with E-state index in [2.05, 4.69) is 10.1 Å². The van der Waals surface area contributed by atoms with Crippen molar-refractivity contribution in [2.45, 2.75) is 38.4 Å². The van der Waals surface area contributed by atoms with Crippen molar-refractivity contribution in [3.8, 4) is 0 Å². The number of rotatable bonds is 10. The number of aliphatic hydroxyl groups excluding tert-OH is 1. The lowest BCUT2D eigenvalue weighted by Gasteiger charge is -2.34. The summed E-state index contributed by atoms with van der Waals surface area (Å²) in [5, 5.41) is 14.7. The van der Waals surface area contributed by atoms with E-state index >= 15 is 0 Å². The second-order valence-electron chi connectivity index (χ2n) is 7.38. The molecule has 1 N–H and O–H groups in total. The van der Waals surface area contributed by atoms with E-state index in [-0.39, 0.29) is 18.7 Å². The summed E-state index contributed by atoms with van der Waals surface area (Å²) in [6, 6.07) is 13.4. The van der Waals surface area contributed by atoms with Crippen molar-refractivity contribution in [1.29, 1.82) is 0 Å². The van der Waals surface area contributed by atoms with Crippen LogP contribution in [0.1, 0.15) is 41.0 Å². The fourth-order valence-corrected chi connectivity index (χ4v) is 3.34. The SMILES string of the molecule is CCC(O)C(N(CCOCc1ccccc1)C(=O)c1ccc(C(F)(F)F)cc1)n1cncn1. The van der Waals surface area contributed by atoms with Gasteiger partial charge in [0.2, 0.25) is 0 Å². The lowest BCUT2D eigenvalue weighted by atomic mass is 10.1.